The normalized spacial score (nSPS) is 25.2. The fraction of sp³-hybridized carbons (Fsp3) is 0.500. The molecule has 0 spiro atoms. The number of halogens is 4. The van der Waals surface area contributed by atoms with Gasteiger partial charge in [0, 0.05) is 18.4 Å². The van der Waals surface area contributed by atoms with Crippen LogP contribution in [0.15, 0.2) is 24.3 Å². The van der Waals surface area contributed by atoms with Crippen LogP contribution in [0.2, 0.25) is 0 Å². The fourth-order valence-corrected chi connectivity index (χ4v) is 2.46. The first-order valence-electron chi connectivity index (χ1n) is 5.37. The first-order chi connectivity index (χ1) is 8.04. The van der Waals surface area contributed by atoms with Crippen molar-refractivity contribution in [1.82, 2.24) is 0 Å². The van der Waals surface area contributed by atoms with Crippen molar-refractivity contribution in [3.8, 4) is 0 Å². The molecule has 0 bridgehead atoms. The summed E-state index contributed by atoms with van der Waals surface area (Å²) in [7, 11) is 0. The monoisotopic (exact) mass is 264 g/mol. The highest BCUT2D eigenvalue weighted by Gasteiger charge is 2.38. The molecule has 2 rings (SSSR count). The second kappa shape index (κ2) is 4.86. The van der Waals surface area contributed by atoms with Gasteiger partial charge in [-0.25, -0.2) is 0 Å². The molecule has 0 aromatic heterocycles. The fourth-order valence-electron chi connectivity index (χ4n) is 2.14. The van der Waals surface area contributed by atoms with Crippen LogP contribution >= 0.6 is 11.6 Å². The van der Waals surface area contributed by atoms with Crippen LogP contribution in [0.25, 0.3) is 0 Å². The van der Waals surface area contributed by atoms with E-state index in [9.17, 15) is 13.2 Å². The van der Waals surface area contributed by atoms with E-state index in [1.165, 1.54) is 12.1 Å². The first kappa shape index (κ1) is 12.7. The van der Waals surface area contributed by atoms with Gasteiger partial charge in [-0.05, 0) is 18.1 Å². The lowest BCUT2D eigenvalue weighted by atomic mass is 9.93. The van der Waals surface area contributed by atoms with Crippen molar-refractivity contribution >= 4 is 11.6 Å². The summed E-state index contributed by atoms with van der Waals surface area (Å²) in [4.78, 5) is 0. The molecular weight excluding hydrogens is 253 g/mol. The predicted octanol–water partition coefficient (Wildman–Crippen LogP) is 4.02. The molecule has 0 radical (unpaired) electrons. The Morgan fingerprint density at radius 2 is 2.00 bits per heavy atom. The lowest BCUT2D eigenvalue weighted by Gasteiger charge is -2.21. The lowest BCUT2D eigenvalue weighted by molar-refractivity contribution is -0.139. The maximum atomic E-state index is 12.8. The van der Waals surface area contributed by atoms with Crippen LogP contribution < -0.4 is 0 Å². The minimum Gasteiger partial charge on any atom is -0.373 e. The SMILES string of the molecule is FC(F)(F)c1ccccc1C1OCCC1CCl. The van der Waals surface area contributed by atoms with E-state index in [2.05, 4.69) is 0 Å². The topological polar surface area (TPSA) is 9.23 Å². The summed E-state index contributed by atoms with van der Waals surface area (Å²) in [5.74, 6) is 0.275. The van der Waals surface area contributed by atoms with E-state index in [1.54, 1.807) is 6.07 Å². The van der Waals surface area contributed by atoms with Crippen LogP contribution in [0.1, 0.15) is 23.7 Å². The molecule has 2 atom stereocenters. The van der Waals surface area contributed by atoms with E-state index >= 15 is 0 Å². The Kier molecular flexibility index (Phi) is 3.64. The molecule has 17 heavy (non-hydrogen) atoms. The summed E-state index contributed by atoms with van der Waals surface area (Å²) < 4.78 is 43.9. The summed E-state index contributed by atoms with van der Waals surface area (Å²) in [5.41, 5.74) is -0.426. The zero-order chi connectivity index (χ0) is 12.5. The standard InChI is InChI=1S/C12H12ClF3O/c13-7-8-5-6-17-11(8)9-3-1-2-4-10(9)12(14,15)16/h1-4,8,11H,5-7H2. The van der Waals surface area contributed by atoms with Gasteiger partial charge in [0.1, 0.15) is 0 Å². The minimum absolute atomic E-state index is 0.0415. The molecule has 1 heterocycles. The predicted molar refractivity (Wildman–Crippen MR) is 59.0 cm³/mol. The second-order valence-electron chi connectivity index (χ2n) is 4.08. The van der Waals surface area contributed by atoms with Crippen LogP contribution in [0.4, 0.5) is 13.2 Å². The third-order valence-electron chi connectivity index (χ3n) is 2.99. The molecule has 2 unspecified atom stereocenters. The van der Waals surface area contributed by atoms with Gasteiger partial charge in [0.15, 0.2) is 0 Å². The maximum absolute atomic E-state index is 12.8. The number of hydrogen-bond donors (Lipinski definition) is 0. The zero-order valence-corrected chi connectivity index (χ0v) is 9.76. The maximum Gasteiger partial charge on any atom is 0.416 e. The van der Waals surface area contributed by atoms with Crippen molar-refractivity contribution in [2.75, 3.05) is 12.5 Å². The summed E-state index contributed by atoms with van der Waals surface area (Å²) in [6.07, 6.45) is -4.18. The molecule has 0 N–H and O–H groups in total. The van der Waals surface area contributed by atoms with Gasteiger partial charge in [0.25, 0.3) is 0 Å². The number of benzene rings is 1. The molecule has 0 aliphatic carbocycles. The third-order valence-corrected chi connectivity index (χ3v) is 3.38. The van der Waals surface area contributed by atoms with Crippen molar-refractivity contribution in [3.05, 3.63) is 35.4 Å². The Bertz CT molecular complexity index is 392. The number of ether oxygens (including phenoxy) is 1. The van der Waals surface area contributed by atoms with Crippen molar-refractivity contribution < 1.29 is 17.9 Å². The van der Waals surface area contributed by atoms with Gasteiger partial charge in [0.2, 0.25) is 0 Å². The quantitative estimate of drug-likeness (QED) is 0.733. The molecule has 0 saturated carbocycles. The Labute approximate surface area is 103 Å². The highest BCUT2D eigenvalue weighted by molar-refractivity contribution is 6.18. The first-order valence-corrected chi connectivity index (χ1v) is 5.91. The van der Waals surface area contributed by atoms with E-state index in [-0.39, 0.29) is 11.5 Å². The molecule has 1 aromatic rings. The van der Waals surface area contributed by atoms with Gasteiger partial charge in [-0.2, -0.15) is 13.2 Å². The molecular formula is C12H12ClF3O. The Morgan fingerprint density at radius 1 is 1.29 bits per heavy atom. The van der Waals surface area contributed by atoms with Crippen LogP contribution in [0, 0.1) is 5.92 Å². The number of alkyl halides is 4. The average molecular weight is 265 g/mol. The van der Waals surface area contributed by atoms with Crippen molar-refractivity contribution in [2.45, 2.75) is 18.7 Å². The molecule has 1 fully saturated rings. The Morgan fingerprint density at radius 3 is 2.65 bits per heavy atom. The van der Waals surface area contributed by atoms with Crippen LogP contribution in [0.3, 0.4) is 0 Å². The molecule has 0 amide bonds. The highest BCUT2D eigenvalue weighted by Crippen LogP contribution is 2.41. The number of rotatable bonds is 2. The smallest absolute Gasteiger partial charge is 0.373 e. The molecule has 1 aromatic carbocycles. The van der Waals surface area contributed by atoms with Crippen LogP contribution in [-0.2, 0) is 10.9 Å². The zero-order valence-electron chi connectivity index (χ0n) is 9.01. The Hall–Kier alpha value is -0.740. The van der Waals surface area contributed by atoms with Gasteiger partial charge in [-0.15, -0.1) is 11.6 Å². The third kappa shape index (κ3) is 2.58. The molecule has 1 aliphatic rings. The molecule has 1 aliphatic heterocycles. The van der Waals surface area contributed by atoms with Gasteiger partial charge in [0.05, 0.1) is 11.7 Å². The van der Waals surface area contributed by atoms with Crippen molar-refractivity contribution in [3.63, 3.8) is 0 Å². The lowest BCUT2D eigenvalue weighted by Crippen LogP contribution is -2.16. The molecule has 94 valence electrons. The van der Waals surface area contributed by atoms with E-state index < -0.39 is 17.8 Å². The van der Waals surface area contributed by atoms with E-state index in [0.29, 0.717) is 18.9 Å². The van der Waals surface area contributed by atoms with Gasteiger partial charge in [-0.1, -0.05) is 18.2 Å². The summed E-state index contributed by atoms with van der Waals surface area (Å²) in [5, 5.41) is 0. The van der Waals surface area contributed by atoms with Gasteiger partial charge in [-0.3, -0.25) is 0 Å². The number of hydrogen-bond acceptors (Lipinski definition) is 1. The second-order valence-corrected chi connectivity index (χ2v) is 4.39. The van der Waals surface area contributed by atoms with Crippen LogP contribution in [-0.4, -0.2) is 12.5 Å². The summed E-state index contributed by atoms with van der Waals surface area (Å²) >= 11 is 5.76. The van der Waals surface area contributed by atoms with Crippen molar-refractivity contribution in [1.29, 1.82) is 0 Å². The summed E-state index contributed by atoms with van der Waals surface area (Å²) in [6, 6.07) is 5.54. The minimum atomic E-state index is -4.35. The Balaban J connectivity index is 2.38. The highest BCUT2D eigenvalue weighted by atomic mass is 35.5. The largest absolute Gasteiger partial charge is 0.416 e. The van der Waals surface area contributed by atoms with E-state index in [1.807, 2.05) is 0 Å². The molecule has 5 heteroatoms. The van der Waals surface area contributed by atoms with Gasteiger partial charge >= 0.3 is 6.18 Å². The summed E-state index contributed by atoms with van der Waals surface area (Å²) in [6.45, 7) is 0.467. The molecule has 1 saturated heterocycles. The van der Waals surface area contributed by atoms with E-state index in [0.717, 1.165) is 6.07 Å². The molecule has 1 nitrogen and oxygen atoms in total. The van der Waals surface area contributed by atoms with Crippen LogP contribution in [0.5, 0.6) is 0 Å². The van der Waals surface area contributed by atoms with E-state index in [4.69, 9.17) is 16.3 Å². The average Bonchev–Trinajstić information content (AvgIpc) is 2.75. The van der Waals surface area contributed by atoms with Gasteiger partial charge < -0.3 is 4.74 Å². The van der Waals surface area contributed by atoms with Crippen molar-refractivity contribution in [2.24, 2.45) is 5.92 Å².